The van der Waals surface area contributed by atoms with Crippen LogP contribution in [0.25, 0.3) is 0 Å². The molecule has 0 spiro atoms. The number of hydrogen-bond acceptors (Lipinski definition) is 4. The second-order valence-corrected chi connectivity index (χ2v) is 8.91. The minimum absolute atomic E-state index is 0.00441. The van der Waals surface area contributed by atoms with E-state index in [1.54, 1.807) is 12.1 Å². The lowest BCUT2D eigenvalue weighted by Crippen LogP contribution is -2.28. The molecule has 0 aromatic heterocycles. The van der Waals surface area contributed by atoms with Crippen LogP contribution in [0.5, 0.6) is 5.75 Å². The van der Waals surface area contributed by atoms with Crippen molar-refractivity contribution in [3.8, 4) is 5.75 Å². The molecule has 0 saturated carbocycles. The summed E-state index contributed by atoms with van der Waals surface area (Å²) in [5, 5.41) is 11.9. The second kappa shape index (κ2) is 8.93. The standard InChI is InChI=1S/C18H20Cl2N2O4S/c1-11(2)9-22-27(25,26)17-7-14(15(19)8-16(17)20)18(24)21-10-12-3-5-13(23)6-4-12/h3-8,11,22-23H,9-10H2,1-2H3,(H,21,24). The molecule has 0 heterocycles. The van der Waals surface area contributed by atoms with Crippen LogP contribution in [-0.4, -0.2) is 26.0 Å². The first-order valence-corrected chi connectivity index (χ1v) is 10.4. The van der Waals surface area contributed by atoms with Crippen molar-refractivity contribution in [2.24, 2.45) is 5.92 Å². The Morgan fingerprint density at radius 2 is 1.74 bits per heavy atom. The van der Waals surface area contributed by atoms with E-state index < -0.39 is 15.9 Å². The highest BCUT2D eigenvalue weighted by Gasteiger charge is 2.22. The number of halogens is 2. The SMILES string of the molecule is CC(C)CNS(=O)(=O)c1cc(C(=O)NCc2ccc(O)cc2)c(Cl)cc1Cl. The largest absolute Gasteiger partial charge is 0.508 e. The topological polar surface area (TPSA) is 95.5 Å². The Morgan fingerprint density at radius 3 is 2.33 bits per heavy atom. The van der Waals surface area contributed by atoms with E-state index in [-0.39, 0.29) is 45.3 Å². The zero-order valence-electron chi connectivity index (χ0n) is 14.8. The molecule has 6 nitrogen and oxygen atoms in total. The van der Waals surface area contributed by atoms with Crippen molar-refractivity contribution in [1.29, 1.82) is 0 Å². The summed E-state index contributed by atoms with van der Waals surface area (Å²) < 4.78 is 27.4. The molecule has 0 aliphatic heterocycles. The van der Waals surface area contributed by atoms with Crippen molar-refractivity contribution in [3.63, 3.8) is 0 Å². The van der Waals surface area contributed by atoms with E-state index in [1.807, 2.05) is 13.8 Å². The highest BCUT2D eigenvalue weighted by molar-refractivity contribution is 7.89. The minimum atomic E-state index is -3.88. The van der Waals surface area contributed by atoms with E-state index >= 15 is 0 Å². The fourth-order valence-electron chi connectivity index (χ4n) is 2.15. The van der Waals surface area contributed by atoms with E-state index in [4.69, 9.17) is 23.2 Å². The highest BCUT2D eigenvalue weighted by Crippen LogP contribution is 2.29. The molecule has 2 aromatic rings. The summed E-state index contributed by atoms with van der Waals surface area (Å²) >= 11 is 12.1. The number of benzene rings is 2. The van der Waals surface area contributed by atoms with Gasteiger partial charge < -0.3 is 10.4 Å². The van der Waals surface area contributed by atoms with Gasteiger partial charge in [-0.2, -0.15) is 0 Å². The van der Waals surface area contributed by atoms with E-state index in [2.05, 4.69) is 10.0 Å². The van der Waals surface area contributed by atoms with Crippen LogP contribution in [0.1, 0.15) is 29.8 Å². The highest BCUT2D eigenvalue weighted by atomic mass is 35.5. The van der Waals surface area contributed by atoms with Crippen LogP contribution in [0.15, 0.2) is 41.3 Å². The Hall–Kier alpha value is -1.80. The average Bonchev–Trinajstić information content (AvgIpc) is 2.59. The Labute approximate surface area is 168 Å². The molecule has 1 amide bonds. The number of amides is 1. The first kappa shape index (κ1) is 21.5. The van der Waals surface area contributed by atoms with Gasteiger partial charge in [0.15, 0.2) is 0 Å². The predicted molar refractivity (Wildman–Crippen MR) is 106 cm³/mol. The van der Waals surface area contributed by atoms with Crippen molar-refractivity contribution >= 4 is 39.1 Å². The third-order valence-electron chi connectivity index (χ3n) is 3.63. The van der Waals surface area contributed by atoms with E-state index in [0.717, 1.165) is 5.56 Å². The number of sulfonamides is 1. The molecule has 0 bridgehead atoms. The van der Waals surface area contributed by atoms with Gasteiger partial charge in [-0.25, -0.2) is 13.1 Å². The summed E-state index contributed by atoms with van der Waals surface area (Å²) in [6.45, 7) is 4.16. The normalized spacial score (nSPS) is 11.6. The van der Waals surface area contributed by atoms with Gasteiger partial charge in [0.1, 0.15) is 10.6 Å². The molecule has 0 aliphatic rings. The van der Waals surface area contributed by atoms with Gasteiger partial charge in [-0.05, 0) is 35.7 Å². The van der Waals surface area contributed by atoms with Crippen molar-refractivity contribution in [1.82, 2.24) is 10.0 Å². The maximum Gasteiger partial charge on any atom is 0.253 e. The molecule has 0 radical (unpaired) electrons. The number of hydrogen-bond donors (Lipinski definition) is 3. The Balaban J connectivity index is 2.23. The number of nitrogens with one attached hydrogen (secondary N) is 2. The lowest BCUT2D eigenvalue weighted by Gasteiger charge is -2.13. The predicted octanol–water partition coefficient (Wildman–Crippen LogP) is 3.56. The average molecular weight is 431 g/mol. The smallest absolute Gasteiger partial charge is 0.253 e. The molecule has 2 rings (SSSR count). The zero-order chi connectivity index (χ0) is 20.2. The molecule has 0 atom stereocenters. The first-order valence-electron chi connectivity index (χ1n) is 8.15. The van der Waals surface area contributed by atoms with Crippen LogP contribution in [0.2, 0.25) is 10.0 Å². The fraction of sp³-hybridized carbons (Fsp3) is 0.278. The van der Waals surface area contributed by atoms with Gasteiger partial charge in [-0.1, -0.05) is 49.2 Å². The number of carbonyl (C=O) groups is 1. The van der Waals surface area contributed by atoms with E-state index in [0.29, 0.717) is 0 Å². The summed E-state index contributed by atoms with van der Waals surface area (Å²) in [5.74, 6) is -0.307. The third kappa shape index (κ3) is 5.84. The lowest BCUT2D eigenvalue weighted by atomic mass is 10.2. The summed E-state index contributed by atoms with van der Waals surface area (Å²) in [4.78, 5) is 12.3. The van der Waals surface area contributed by atoms with Gasteiger partial charge >= 0.3 is 0 Å². The summed E-state index contributed by atoms with van der Waals surface area (Å²) in [6.07, 6.45) is 0. The summed E-state index contributed by atoms with van der Waals surface area (Å²) in [7, 11) is -3.88. The van der Waals surface area contributed by atoms with Crippen LogP contribution >= 0.6 is 23.2 Å². The maximum atomic E-state index is 12.5. The Bertz CT molecular complexity index is 929. The molecule has 146 valence electrons. The second-order valence-electron chi connectivity index (χ2n) is 6.36. The molecule has 0 fully saturated rings. The molecule has 0 unspecified atom stereocenters. The molecule has 9 heteroatoms. The fourth-order valence-corrected chi connectivity index (χ4v) is 4.23. The molecule has 0 aliphatic carbocycles. The molecule has 27 heavy (non-hydrogen) atoms. The molecule has 2 aromatic carbocycles. The number of carbonyl (C=O) groups excluding carboxylic acids is 1. The third-order valence-corrected chi connectivity index (χ3v) is 5.83. The molecule has 3 N–H and O–H groups in total. The van der Waals surface area contributed by atoms with Crippen LogP contribution in [0, 0.1) is 5.92 Å². The lowest BCUT2D eigenvalue weighted by molar-refractivity contribution is 0.0951. The quantitative estimate of drug-likeness (QED) is 0.625. The number of phenolic OH excluding ortho intramolecular Hbond substituents is 1. The van der Waals surface area contributed by atoms with Gasteiger partial charge in [0.2, 0.25) is 10.0 Å². The summed E-state index contributed by atoms with van der Waals surface area (Å²) in [6, 6.07) is 8.72. The van der Waals surface area contributed by atoms with Gasteiger partial charge in [0.25, 0.3) is 5.91 Å². The monoisotopic (exact) mass is 430 g/mol. The van der Waals surface area contributed by atoms with Gasteiger partial charge in [0, 0.05) is 13.1 Å². The van der Waals surface area contributed by atoms with Crippen LogP contribution < -0.4 is 10.0 Å². The van der Waals surface area contributed by atoms with Gasteiger partial charge in [-0.15, -0.1) is 0 Å². The van der Waals surface area contributed by atoms with Crippen molar-refractivity contribution in [2.75, 3.05) is 6.54 Å². The molecular formula is C18H20Cl2N2O4S. The van der Waals surface area contributed by atoms with Crippen LogP contribution in [0.4, 0.5) is 0 Å². The number of aromatic hydroxyl groups is 1. The first-order chi connectivity index (χ1) is 12.6. The van der Waals surface area contributed by atoms with Crippen molar-refractivity contribution in [3.05, 3.63) is 57.6 Å². The number of phenols is 1. The molecule has 0 saturated heterocycles. The number of rotatable bonds is 7. The van der Waals surface area contributed by atoms with E-state index in [1.165, 1.54) is 24.3 Å². The van der Waals surface area contributed by atoms with Crippen LogP contribution in [0.3, 0.4) is 0 Å². The van der Waals surface area contributed by atoms with Gasteiger partial charge in [0.05, 0.1) is 15.6 Å². The minimum Gasteiger partial charge on any atom is -0.508 e. The maximum absolute atomic E-state index is 12.5. The van der Waals surface area contributed by atoms with Gasteiger partial charge in [-0.3, -0.25) is 4.79 Å². The van der Waals surface area contributed by atoms with Crippen LogP contribution in [-0.2, 0) is 16.6 Å². The Kier molecular flexibility index (Phi) is 7.11. The van der Waals surface area contributed by atoms with Crippen molar-refractivity contribution in [2.45, 2.75) is 25.3 Å². The molecular weight excluding hydrogens is 411 g/mol. The zero-order valence-corrected chi connectivity index (χ0v) is 17.1. The summed E-state index contributed by atoms with van der Waals surface area (Å²) in [5.41, 5.74) is 0.766. The van der Waals surface area contributed by atoms with Crippen molar-refractivity contribution < 1.29 is 18.3 Å². The Morgan fingerprint density at radius 1 is 1.11 bits per heavy atom. The van der Waals surface area contributed by atoms with E-state index in [9.17, 15) is 18.3 Å².